The lowest BCUT2D eigenvalue weighted by Gasteiger charge is -2.20. The minimum Gasteiger partial charge on any atom is -0.366 e. The van der Waals surface area contributed by atoms with Crippen LogP contribution in [0.5, 0.6) is 0 Å². The molecule has 2 unspecified atom stereocenters. The number of anilines is 1. The van der Waals surface area contributed by atoms with E-state index in [9.17, 15) is 0 Å². The lowest BCUT2D eigenvalue weighted by molar-refractivity contribution is 0.762. The molecule has 90 valence electrons. The van der Waals surface area contributed by atoms with Gasteiger partial charge in [0.2, 0.25) is 0 Å². The molecule has 1 aliphatic rings. The summed E-state index contributed by atoms with van der Waals surface area (Å²) in [4.78, 5) is 4.27. The van der Waals surface area contributed by atoms with Crippen LogP contribution >= 0.6 is 11.8 Å². The maximum Gasteiger partial charge on any atom is 0.142 e. The average molecular weight is 247 g/mol. The van der Waals surface area contributed by atoms with Crippen LogP contribution in [-0.4, -0.2) is 22.0 Å². The fourth-order valence-electron chi connectivity index (χ4n) is 2.27. The van der Waals surface area contributed by atoms with Gasteiger partial charge in [0, 0.05) is 11.3 Å². The molecule has 1 heterocycles. The van der Waals surface area contributed by atoms with Gasteiger partial charge in [-0.15, -0.1) is 0 Å². The van der Waals surface area contributed by atoms with Crippen LogP contribution in [-0.2, 0) is 0 Å². The number of aromatic nitrogens is 1. The Morgan fingerprint density at radius 1 is 1.53 bits per heavy atom. The molecule has 0 spiro atoms. The van der Waals surface area contributed by atoms with Crippen LogP contribution in [0.25, 0.3) is 0 Å². The predicted octanol–water partition coefficient (Wildman–Crippen LogP) is 3.04. The normalized spacial score (nSPS) is 23.3. The highest BCUT2D eigenvalue weighted by molar-refractivity contribution is 7.99. The van der Waals surface area contributed by atoms with Crippen molar-refractivity contribution in [3.05, 3.63) is 23.9 Å². The van der Waals surface area contributed by atoms with E-state index in [1.54, 1.807) is 6.07 Å². The van der Waals surface area contributed by atoms with E-state index >= 15 is 0 Å². The monoisotopic (exact) mass is 247 g/mol. The molecule has 1 N–H and O–H groups in total. The lowest BCUT2D eigenvalue weighted by atomic mass is 10.2. The van der Waals surface area contributed by atoms with Crippen molar-refractivity contribution >= 4 is 17.6 Å². The van der Waals surface area contributed by atoms with Crippen LogP contribution in [0.4, 0.5) is 5.82 Å². The molecular formula is C13H17N3S. The van der Waals surface area contributed by atoms with Gasteiger partial charge < -0.3 is 5.32 Å². The van der Waals surface area contributed by atoms with Crippen molar-refractivity contribution in [2.75, 3.05) is 11.1 Å². The van der Waals surface area contributed by atoms with Crippen molar-refractivity contribution in [3.8, 4) is 6.07 Å². The van der Waals surface area contributed by atoms with E-state index in [1.165, 1.54) is 19.3 Å². The molecule has 3 nitrogen and oxygen atoms in total. The minimum absolute atomic E-state index is 0.479. The molecule has 0 bridgehead atoms. The average Bonchev–Trinajstić information content (AvgIpc) is 2.78. The van der Waals surface area contributed by atoms with Crippen LogP contribution in [0.1, 0.15) is 31.9 Å². The standard InChI is InChI=1S/C13H17N3S/c1-2-17-12-7-4-6-11(12)16-13-8-3-5-10(9-14)15-13/h3,5,8,11-12H,2,4,6-7H2,1H3,(H,15,16). The van der Waals surface area contributed by atoms with Gasteiger partial charge in [-0.3, -0.25) is 0 Å². The third-order valence-electron chi connectivity index (χ3n) is 3.03. The summed E-state index contributed by atoms with van der Waals surface area (Å²) in [5.74, 6) is 1.99. The number of hydrogen-bond donors (Lipinski definition) is 1. The van der Waals surface area contributed by atoms with Gasteiger partial charge >= 0.3 is 0 Å². The van der Waals surface area contributed by atoms with Gasteiger partial charge in [0.1, 0.15) is 17.6 Å². The second-order valence-corrected chi connectivity index (χ2v) is 5.71. The number of hydrogen-bond acceptors (Lipinski definition) is 4. The van der Waals surface area contributed by atoms with Crippen LogP contribution in [0.15, 0.2) is 18.2 Å². The molecule has 1 aromatic rings. The molecule has 2 atom stereocenters. The highest BCUT2D eigenvalue weighted by atomic mass is 32.2. The SMILES string of the molecule is CCSC1CCCC1Nc1cccc(C#N)n1. The summed E-state index contributed by atoms with van der Waals surface area (Å²) in [6.07, 6.45) is 3.78. The van der Waals surface area contributed by atoms with Gasteiger partial charge in [-0.1, -0.05) is 19.4 Å². The summed E-state index contributed by atoms with van der Waals surface area (Å²) in [6.45, 7) is 2.20. The summed E-state index contributed by atoms with van der Waals surface area (Å²) in [5.41, 5.74) is 0.479. The Morgan fingerprint density at radius 3 is 3.18 bits per heavy atom. The first-order valence-corrected chi connectivity index (χ1v) is 7.13. The Labute approximate surface area is 107 Å². The summed E-state index contributed by atoms with van der Waals surface area (Å²) in [5, 5.41) is 13.0. The van der Waals surface area contributed by atoms with Gasteiger partial charge in [-0.05, 0) is 30.7 Å². The quantitative estimate of drug-likeness (QED) is 0.888. The number of pyridine rings is 1. The largest absolute Gasteiger partial charge is 0.366 e. The molecule has 0 aromatic carbocycles. The molecule has 1 aromatic heterocycles. The summed E-state index contributed by atoms with van der Waals surface area (Å²) in [6, 6.07) is 8.12. The molecule has 17 heavy (non-hydrogen) atoms. The Kier molecular flexibility index (Phi) is 4.27. The van der Waals surface area contributed by atoms with Crippen molar-refractivity contribution in [3.63, 3.8) is 0 Å². The van der Waals surface area contributed by atoms with Crippen molar-refractivity contribution in [2.45, 2.75) is 37.5 Å². The van der Waals surface area contributed by atoms with E-state index in [0.717, 1.165) is 11.6 Å². The van der Waals surface area contributed by atoms with E-state index in [2.05, 4.69) is 23.3 Å². The number of nitriles is 1. The first-order valence-electron chi connectivity index (χ1n) is 6.08. The molecule has 1 fully saturated rings. The van der Waals surface area contributed by atoms with Gasteiger partial charge in [0.15, 0.2) is 0 Å². The van der Waals surface area contributed by atoms with E-state index in [1.807, 2.05) is 23.9 Å². The Hall–Kier alpha value is -1.21. The minimum atomic E-state index is 0.479. The van der Waals surface area contributed by atoms with Crippen LogP contribution in [0, 0.1) is 11.3 Å². The van der Waals surface area contributed by atoms with Crippen LogP contribution in [0.2, 0.25) is 0 Å². The number of thioether (sulfide) groups is 1. The van der Waals surface area contributed by atoms with Crippen molar-refractivity contribution in [1.29, 1.82) is 5.26 Å². The highest BCUT2D eigenvalue weighted by Gasteiger charge is 2.27. The highest BCUT2D eigenvalue weighted by Crippen LogP contribution is 2.31. The second-order valence-electron chi connectivity index (χ2n) is 4.20. The molecule has 2 rings (SSSR count). The van der Waals surface area contributed by atoms with Gasteiger partial charge in [-0.2, -0.15) is 17.0 Å². The van der Waals surface area contributed by atoms with Crippen molar-refractivity contribution in [1.82, 2.24) is 4.98 Å². The fraction of sp³-hybridized carbons (Fsp3) is 0.538. The summed E-state index contributed by atoms with van der Waals surface area (Å²) >= 11 is 2.02. The zero-order chi connectivity index (χ0) is 12.1. The second kappa shape index (κ2) is 5.92. The Balaban J connectivity index is 2.02. The zero-order valence-electron chi connectivity index (χ0n) is 10.0. The number of nitrogens with one attached hydrogen (secondary N) is 1. The van der Waals surface area contributed by atoms with Crippen LogP contribution < -0.4 is 5.32 Å². The fourth-order valence-corrected chi connectivity index (χ4v) is 3.47. The maximum atomic E-state index is 8.81. The number of nitrogens with zero attached hydrogens (tertiary/aromatic N) is 2. The van der Waals surface area contributed by atoms with Gasteiger partial charge in [-0.25, -0.2) is 4.98 Å². The van der Waals surface area contributed by atoms with Gasteiger partial charge in [0.25, 0.3) is 0 Å². The first kappa shape index (κ1) is 12.3. The first-order chi connectivity index (χ1) is 8.33. The van der Waals surface area contributed by atoms with E-state index in [-0.39, 0.29) is 0 Å². The molecule has 1 aliphatic carbocycles. The molecule has 0 radical (unpaired) electrons. The lowest BCUT2D eigenvalue weighted by Crippen LogP contribution is -2.26. The summed E-state index contributed by atoms with van der Waals surface area (Å²) in [7, 11) is 0. The van der Waals surface area contributed by atoms with Gasteiger partial charge in [0.05, 0.1) is 0 Å². The third kappa shape index (κ3) is 3.13. The van der Waals surface area contributed by atoms with Crippen LogP contribution in [0.3, 0.4) is 0 Å². The van der Waals surface area contributed by atoms with E-state index in [4.69, 9.17) is 5.26 Å². The zero-order valence-corrected chi connectivity index (χ0v) is 10.8. The molecule has 1 saturated carbocycles. The summed E-state index contributed by atoms with van der Waals surface area (Å²) < 4.78 is 0. The third-order valence-corrected chi connectivity index (χ3v) is 4.36. The van der Waals surface area contributed by atoms with E-state index in [0.29, 0.717) is 17.0 Å². The van der Waals surface area contributed by atoms with E-state index < -0.39 is 0 Å². The number of rotatable bonds is 4. The topological polar surface area (TPSA) is 48.7 Å². The molecule has 0 saturated heterocycles. The van der Waals surface area contributed by atoms with Crippen molar-refractivity contribution < 1.29 is 0 Å². The molecule has 4 heteroatoms. The Bertz CT molecular complexity index is 413. The predicted molar refractivity (Wildman–Crippen MR) is 72.1 cm³/mol. The smallest absolute Gasteiger partial charge is 0.142 e. The van der Waals surface area contributed by atoms with Crippen molar-refractivity contribution in [2.24, 2.45) is 0 Å². The maximum absolute atomic E-state index is 8.81. The Morgan fingerprint density at radius 2 is 2.41 bits per heavy atom. The molecular weight excluding hydrogens is 230 g/mol. The molecule has 0 aliphatic heterocycles. The molecule has 0 amide bonds.